The van der Waals surface area contributed by atoms with Crippen molar-refractivity contribution in [2.24, 2.45) is 5.11 Å². The molecule has 0 heterocycles. The van der Waals surface area contributed by atoms with Crippen LogP contribution in [0.15, 0.2) is 27.8 Å². The summed E-state index contributed by atoms with van der Waals surface area (Å²) in [6.45, 7) is 0.249. The Morgan fingerprint density at radius 2 is 2.40 bits per heavy atom. The summed E-state index contributed by atoms with van der Waals surface area (Å²) in [6, 6.07) is 4.97. The normalized spacial score (nSPS) is 9.20. The van der Waals surface area contributed by atoms with Crippen molar-refractivity contribution >= 4 is 21.9 Å². The smallest absolute Gasteiger partial charge is 0.337 e. The summed E-state index contributed by atoms with van der Waals surface area (Å²) in [5.41, 5.74) is 9.44. The third-order valence-corrected chi connectivity index (χ3v) is 2.52. The van der Waals surface area contributed by atoms with E-state index in [-0.39, 0.29) is 6.54 Å². The van der Waals surface area contributed by atoms with Crippen molar-refractivity contribution in [2.75, 3.05) is 7.11 Å². The summed E-state index contributed by atoms with van der Waals surface area (Å²) in [5, 5.41) is 3.43. The molecule has 1 aromatic carbocycles. The lowest BCUT2D eigenvalue weighted by molar-refractivity contribution is 0.0600. The quantitative estimate of drug-likeness (QED) is 0.366. The summed E-state index contributed by atoms with van der Waals surface area (Å²) in [4.78, 5) is 13.8. The average Bonchev–Trinajstić information content (AvgIpc) is 2.26. The maximum absolute atomic E-state index is 11.2. The standard InChI is InChI=1S/C9H8BrN3O2/c1-15-9(14)6-2-3-7(5-12-13-11)8(10)4-6/h2-4H,5H2,1H3. The van der Waals surface area contributed by atoms with Gasteiger partial charge in [0.2, 0.25) is 0 Å². The number of carbonyl (C=O) groups is 1. The van der Waals surface area contributed by atoms with Gasteiger partial charge in [0.1, 0.15) is 0 Å². The Labute approximate surface area is 94.8 Å². The number of halogens is 1. The third-order valence-electron chi connectivity index (χ3n) is 1.78. The lowest BCUT2D eigenvalue weighted by Crippen LogP contribution is -2.01. The molecule has 0 aliphatic heterocycles. The predicted molar refractivity (Wildman–Crippen MR) is 58.3 cm³/mol. The van der Waals surface area contributed by atoms with E-state index >= 15 is 0 Å². The minimum absolute atomic E-state index is 0.249. The van der Waals surface area contributed by atoms with Gasteiger partial charge in [-0.05, 0) is 23.2 Å². The molecule has 0 spiro atoms. The van der Waals surface area contributed by atoms with Crippen molar-refractivity contribution in [1.82, 2.24) is 0 Å². The molecule has 0 aliphatic rings. The van der Waals surface area contributed by atoms with Gasteiger partial charge >= 0.3 is 5.97 Å². The number of benzene rings is 1. The van der Waals surface area contributed by atoms with E-state index in [1.54, 1.807) is 18.2 Å². The van der Waals surface area contributed by atoms with Crippen LogP contribution in [0.5, 0.6) is 0 Å². The summed E-state index contributed by atoms with van der Waals surface area (Å²) < 4.78 is 5.29. The SMILES string of the molecule is COC(=O)c1ccc(CN=[N+]=[N-])c(Br)c1. The van der Waals surface area contributed by atoms with Gasteiger partial charge in [0.05, 0.1) is 19.2 Å². The van der Waals surface area contributed by atoms with Crippen LogP contribution in [0, 0.1) is 0 Å². The number of nitrogens with zero attached hydrogens (tertiary/aromatic N) is 3. The summed E-state index contributed by atoms with van der Waals surface area (Å²) in [7, 11) is 1.32. The first-order valence-electron chi connectivity index (χ1n) is 4.06. The van der Waals surface area contributed by atoms with Crippen LogP contribution in [0.3, 0.4) is 0 Å². The molecule has 78 valence electrons. The van der Waals surface area contributed by atoms with Crippen LogP contribution in [-0.4, -0.2) is 13.1 Å². The molecule has 0 atom stereocenters. The Kier molecular flexibility index (Phi) is 4.15. The molecule has 0 aromatic heterocycles. The zero-order valence-electron chi connectivity index (χ0n) is 7.98. The van der Waals surface area contributed by atoms with Gasteiger partial charge in [-0.2, -0.15) is 0 Å². The molecule has 1 aromatic rings. The zero-order valence-corrected chi connectivity index (χ0v) is 9.56. The number of carbonyl (C=O) groups excluding carboxylic acids is 1. The second-order valence-electron chi connectivity index (χ2n) is 2.69. The lowest BCUT2D eigenvalue weighted by atomic mass is 10.1. The Bertz CT molecular complexity index is 427. The first kappa shape index (κ1) is 11.6. The van der Waals surface area contributed by atoms with Crippen LogP contribution in [0.4, 0.5) is 0 Å². The van der Waals surface area contributed by atoms with Gasteiger partial charge in [-0.25, -0.2) is 4.79 Å². The molecule has 6 heteroatoms. The highest BCUT2D eigenvalue weighted by molar-refractivity contribution is 9.10. The maximum atomic E-state index is 11.2. The van der Waals surface area contributed by atoms with E-state index in [1.807, 2.05) is 0 Å². The highest BCUT2D eigenvalue weighted by Gasteiger charge is 2.07. The van der Waals surface area contributed by atoms with E-state index in [2.05, 4.69) is 30.7 Å². The number of methoxy groups -OCH3 is 1. The molecule has 0 amide bonds. The number of hydrogen-bond donors (Lipinski definition) is 0. The van der Waals surface area contributed by atoms with Crippen molar-refractivity contribution < 1.29 is 9.53 Å². The Morgan fingerprint density at radius 1 is 1.67 bits per heavy atom. The van der Waals surface area contributed by atoms with Crippen molar-refractivity contribution in [1.29, 1.82) is 0 Å². The van der Waals surface area contributed by atoms with Gasteiger partial charge in [0.15, 0.2) is 0 Å². The fourth-order valence-electron chi connectivity index (χ4n) is 1.03. The van der Waals surface area contributed by atoms with Gasteiger partial charge in [0.25, 0.3) is 0 Å². The molecule has 5 nitrogen and oxygen atoms in total. The molecule has 0 bridgehead atoms. The predicted octanol–water partition coefficient (Wildman–Crippen LogP) is 3.05. The van der Waals surface area contributed by atoms with E-state index in [1.165, 1.54) is 7.11 Å². The number of azide groups is 1. The Hall–Kier alpha value is -1.52. The van der Waals surface area contributed by atoms with Gasteiger partial charge < -0.3 is 4.74 Å². The summed E-state index contributed by atoms with van der Waals surface area (Å²) in [5.74, 6) is -0.397. The first-order chi connectivity index (χ1) is 7.19. The van der Waals surface area contributed by atoms with E-state index < -0.39 is 5.97 Å². The lowest BCUT2D eigenvalue weighted by Gasteiger charge is -2.03. The van der Waals surface area contributed by atoms with Gasteiger partial charge in [-0.15, -0.1) is 0 Å². The Morgan fingerprint density at radius 3 is 2.93 bits per heavy atom. The van der Waals surface area contributed by atoms with Crippen molar-refractivity contribution in [3.05, 3.63) is 44.2 Å². The monoisotopic (exact) mass is 269 g/mol. The van der Waals surface area contributed by atoms with Gasteiger partial charge in [-0.1, -0.05) is 27.1 Å². The fraction of sp³-hybridized carbons (Fsp3) is 0.222. The molecule has 1 rings (SSSR count). The number of rotatable bonds is 3. The fourth-order valence-corrected chi connectivity index (χ4v) is 1.53. The second kappa shape index (κ2) is 5.38. The van der Waals surface area contributed by atoms with Crippen LogP contribution >= 0.6 is 15.9 Å². The summed E-state index contributed by atoms with van der Waals surface area (Å²) in [6.07, 6.45) is 0. The molecule has 0 radical (unpaired) electrons. The van der Waals surface area contributed by atoms with Crippen LogP contribution in [0.1, 0.15) is 15.9 Å². The molecule has 15 heavy (non-hydrogen) atoms. The largest absolute Gasteiger partial charge is 0.465 e. The van der Waals surface area contributed by atoms with Crippen molar-refractivity contribution in [3.63, 3.8) is 0 Å². The van der Waals surface area contributed by atoms with E-state index in [0.717, 1.165) is 10.0 Å². The molecule has 0 saturated carbocycles. The number of ether oxygens (including phenoxy) is 1. The number of hydrogen-bond acceptors (Lipinski definition) is 3. The molecule has 0 aliphatic carbocycles. The van der Waals surface area contributed by atoms with Crippen LogP contribution in [0.25, 0.3) is 10.4 Å². The van der Waals surface area contributed by atoms with Gasteiger partial charge in [-0.3, -0.25) is 0 Å². The highest BCUT2D eigenvalue weighted by Crippen LogP contribution is 2.20. The highest BCUT2D eigenvalue weighted by atomic mass is 79.9. The van der Waals surface area contributed by atoms with Crippen molar-refractivity contribution in [2.45, 2.75) is 6.54 Å². The van der Waals surface area contributed by atoms with Crippen molar-refractivity contribution in [3.8, 4) is 0 Å². The second-order valence-corrected chi connectivity index (χ2v) is 3.54. The van der Waals surface area contributed by atoms with E-state index in [0.29, 0.717) is 5.56 Å². The molecular weight excluding hydrogens is 262 g/mol. The van der Waals surface area contributed by atoms with Gasteiger partial charge in [0, 0.05) is 9.38 Å². The van der Waals surface area contributed by atoms with Crippen LogP contribution in [0.2, 0.25) is 0 Å². The zero-order chi connectivity index (χ0) is 11.3. The van der Waals surface area contributed by atoms with E-state index in [9.17, 15) is 4.79 Å². The Balaban J connectivity index is 2.97. The third kappa shape index (κ3) is 2.97. The first-order valence-corrected chi connectivity index (χ1v) is 4.86. The number of esters is 1. The molecule has 0 unspecified atom stereocenters. The minimum Gasteiger partial charge on any atom is -0.465 e. The van der Waals surface area contributed by atoms with Crippen LogP contribution < -0.4 is 0 Å². The molecular formula is C9H8BrN3O2. The molecule has 0 fully saturated rings. The maximum Gasteiger partial charge on any atom is 0.337 e. The minimum atomic E-state index is -0.397. The topological polar surface area (TPSA) is 75.1 Å². The van der Waals surface area contributed by atoms with Crippen LogP contribution in [-0.2, 0) is 11.3 Å². The van der Waals surface area contributed by atoms with E-state index in [4.69, 9.17) is 5.53 Å². The molecule has 0 saturated heterocycles. The molecule has 0 N–H and O–H groups in total. The summed E-state index contributed by atoms with van der Waals surface area (Å²) >= 11 is 3.28. The average molecular weight is 270 g/mol.